The number of ketones is 1. The molecular formula is C28H36F2N4O3. The number of Topliss-reactive ketones (excluding diaryl/α,β-unsaturated/α-hetero) is 1. The number of hydrogen-bond acceptors (Lipinski definition) is 6. The SMILES string of the molecule is CCC1CCN=C(C(=O)CCCC2CC/C=N/N=C\C(C)C2C)C(=O)N(Cc2cc(F)ccc2F)C1=O. The Morgan fingerprint density at radius 3 is 2.68 bits per heavy atom. The van der Waals surface area contributed by atoms with Crippen LogP contribution in [0.15, 0.2) is 33.4 Å². The van der Waals surface area contributed by atoms with Gasteiger partial charge in [0.05, 0.1) is 6.54 Å². The van der Waals surface area contributed by atoms with E-state index in [-0.39, 0.29) is 30.2 Å². The van der Waals surface area contributed by atoms with Crippen molar-refractivity contribution in [2.45, 2.75) is 72.3 Å². The molecule has 0 saturated carbocycles. The lowest BCUT2D eigenvalue weighted by Gasteiger charge is -2.28. The summed E-state index contributed by atoms with van der Waals surface area (Å²) >= 11 is 0. The van der Waals surface area contributed by atoms with Crippen molar-refractivity contribution in [3.63, 3.8) is 0 Å². The van der Waals surface area contributed by atoms with E-state index in [1.807, 2.05) is 13.1 Å². The number of nitrogens with zero attached hydrogens (tertiary/aromatic N) is 4. The van der Waals surface area contributed by atoms with Gasteiger partial charge in [-0.2, -0.15) is 10.2 Å². The molecule has 37 heavy (non-hydrogen) atoms. The van der Waals surface area contributed by atoms with E-state index in [0.29, 0.717) is 31.1 Å². The van der Waals surface area contributed by atoms with Gasteiger partial charge in [-0.05, 0) is 74.5 Å². The molecule has 200 valence electrons. The molecule has 0 aliphatic carbocycles. The van der Waals surface area contributed by atoms with Crippen molar-refractivity contribution < 1.29 is 23.2 Å². The van der Waals surface area contributed by atoms with Gasteiger partial charge in [0.15, 0.2) is 11.5 Å². The van der Waals surface area contributed by atoms with Crippen LogP contribution < -0.4 is 0 Å². The first-order chi connectivity index (χ1) is 17.7. The van der Waals surface area contributed by atoms with Crippen molar-refractivity contribution in [2.75, 3.05) is 6.54 Å². The summed E-state index contributed by atoms with van der Waals surface area (Å²) in [6, 6.07) is 2.89. The van der Waals surface area contributed by atoms with Gasteiger partial charge in [0, 0.05) is 36.9 Å². The standard InChI is InChI=1S/C28H36F2N4O3/c1-4-20-12-14-31-26(28(37)34(27(20)36)17-22-15-23(29)10-11-24(22)30)25(35)9-5-7-21-8-6-13-32-33-16-18(2)19(21)3/h10-11,13,15-16,18-21H,4-9,12,14,17H2,1-3H3/b31-26?,32-13+,33-16-. The van der Waals surface area contributed by atoms with Gasteiger partial charge in [-0.15, -0.1) is 0 Å². The molecule has 7 nitrogen and oxygen atoms in total. The van der Waals surface area contributed by atoms with Crippen LogP contribution >= 0.6 is 0 Å². The number of aliphatic imine (C=N–C) groups is 1. The van der Waals surface area contributed by atoms with E-state index in [1.165, 1.54) is 0 Å². The first-order valence-corrected chi connectivity index (χ1v) is 13.1. The van der Waals surface area contributed by atoms with Crippen LogP contribution in [0.4, 0.5) is 8.78 Å². The molecule has 0 fully saturated rings. The minimum absolute atomic E-state index is 0.123. The van der Waals surface area contributed by atoms with Crippen molar-refractivity contribution >= 4 is 35.7 Å². The van der Waals surface area contributed by atoms with Gasteiger partial charge in [-0.3, -0.25) is 24.3 Å². The molecule has 2 amide bonds. The van der Waals surface area contributed by atoms with E-state index >= 15 is 0 Å². The molecule has 2 aliphatic heterocycles. The van der Waals surface area contributed by atoms with Crippen LogP contribution in [0.2, 0.25) is 0 Å². The molecule has 2 aliphatic rings. The highest BCUT2D eigenvalue weighted by molar-refractivity contribution is 6.66. The highest BCUT2D eigenvalue weighted by atomic mass is 19.1. The molecule has 0 bridgehead atoms. The summed E-state index contributed by atoms with van der Waals surface area (Å²) in [5.74, 6) is -2.66. The summed E-state index contributed by atoms with van der Waals surface area (Å²) < 4.78 is 28.1. The zero-order chi connectivity index (χ0) is 26.9. The second-order valence-electron chi connectivity index (χ2n) is 10.0. The molecule has 0 spiro atoms. The van der Waals surface area contributed by atoms with E-state index in [9.17, 15) is 23.2 Å². The van der Waals surface area contributed by atoms with E-state index in [4.69, 9.17) is 0 Å². The highest BCUT2D eigenvalue weighted by Gasteiger charge is 2.35. The van der Waals surface area contributed by atoms with E-state index < -0.39 is 41.7 Å². The largest absolute Gasteiger partial charge is 0.292 e. The summed E-state index contributed by atoms with van der Waals surface area (Å²) in [5.41, 5.74) is -0.408. The predicted octanol–water partition coefficient (Wildman–Crippen LogP) is 5.17. The Balaban J connectivity index is 1.73. The maximum Gasteiger partial charge on any atom is 0.282 e. The zero-order valence-corrected chi connectivity index (χ0v) is 21.8. The maximum absolute atomic E-state index is 14.3. The predicted molar refractivity (Wildman–Crippen MR) is 140 cm³/mol. The lowest BCUT2D eigenvalue weighted by Crippen LogP contribution is -2.47. The van der Waals surface area contributed by atoms with Gasteiger partial charge < -0.3 is 0 Å². The molecule has 1 aromatic rings. The molecule has 0 radical (unpaired) electrons. The topological polar surface area (TPSA) is 91.5 Å². The molecule has 0 N–H and O–H groups in total. The Labute approximate surface area is 217 Å². The van der Waals surface area contributed by atoms with Gasteiger partial charge in [-0.25, -0.2) is 8.78 Å². The summed E-state index contributed by atoms with van der Waals surface area (Å²) in [4.78, 5) is 44.9. The van der Waals surface area contributed by atoms with E-state index in [0.717, 1.165) is 42.4 Å². The number of halogens is 2. The van der Waals surface area contributed by atoms with Gasteiger partial charge in [-0.1, -0.05) is 20.8 Å². The Morgan fingerprint density at radius 1 is 1.14 bits per heavy atom. The molecule has 9 heteroatoms. The Bertz CT molecular complexity index is 1090. The number of carbonyl (C=O) groups is 3. The minimum Gasteiger partial charge on any atom is -0.292 e. The fourth-order valence-electron chi connectivity index (χ4n) is 4.96. The number of imide groups is 1. The van der Waals surface area contributed by atoms with Crippen LogP contribution in [-0.4, -0.2) is 47.2 Å². The third-order valence-electron chi connectivity index (χ3n) is 7.57. The fourth-order valence-corrected chi connectivity index (χ4v) is 4.96. The number of benzene rings is 1. The molecule has 0 aromatic heterocycles. The number of carbonyl (C=O) groups excluding carboxylic acids is 3. The average Bonchev–Trinajstić information content (AvgIpc) is 2.94. The quantitative estimate of drug-likeness (QED) is 0.448. The van der Waals surface area contributed by atoms with Crippen LogP contribution in [-0.2, 0) is 20.9 Å². The zero-order valence-electron chi connectivity index (χ0n) is 21.8. The van der Waals surface area contributed by atoms with E-state index in [2.05, 4.69) is 29.0 Å². The van der Waals surface area contributed by atoms with Gasteiger partial charge in [0.2, 0.25) is 5.91 Å². The third kappa shape index (κ3) is 7.46. The number of hydrogen-bond donors (Lipinski definition) is 0. The highest BCUT2D eigenvalue weighted by Crippen LogP contribution is 2.29. The van der Waals surface area contributed by atoms with Crippen LogP contribution in [0, 0.1) is 35.3 Å². The Kier molecular flexibility index (Phi) is 10.3. The molecule has 2 heterocycles. The van der Waals surface area contributed by atoms with Crippen LogP contribution in [0.5, 0.6) is 0 Å². The van der Waals surface area contributed by atoms with E-state index in [1.54, 1.807) is 6.21 Å². The fraction of sp³-hybridized carbons (Fsp3) is 0.571. The molecule has 4 atom stereocenters. The van der Waals surface area contributed by atoms with Crippen molar-refractivity contribution in [1.82, 2.24) is 4.90 Å². The van der Waals surface area contributed by atoms with Crippen molar-refractivity contribution in [3.8, 4) is 0 Å². The first kappa shape index (κ1) is 28.5. The average molecular weight is 515 g/mol. The summed E-state index contributed by atoms with van der Waals surface area (Å²) in [5, 5.41) is 8.11. The Hall–Kier alpha value is -3.10. The third-order valence-corrected chi connectivity index (χ3v) is 7.57. The summed E-state index contributed by atoms with van der Waals surface area (Å²) in [6.07, 6.45) is 7.75. The summed E-state index contributed by atoms with van der Waals surface area (Å²) in [6.45, 7) is 5.84. The normalized spacial score (nSPS) is 26.8. The number of amides is 2. The molecule has 4 unspecified atom stereocenters. The Morgan fingerprint density at radius 2 is 1.92 bits per heavy atom. The van der Waals surface area contributed by atoms with Gasteiger partial charge in [0.1, 0.15) is 11.6 Å². The second-order valence-corrected chi connectivity index (χ2v) is 10.0. The van der Waals surface area contributed by atoms with Crippen molar-refractivity contribution in [1.29, 1.82) is 0 Å². The number of rotatable bonds is 8. The maximum atomic E-state index is 14.3. The molecular weight excluding hydrogens is 478 g/mol. The smallest absolute Gasteiger partial charge is 0.282 e. The van der Waals surface area contributed by atoms with Gasteiger partial charge in [0.25, 0.3) is 5.91 Å². The minimum atomic E-state index is -0.839. The van der Waals surface area contributed by atoms with Crippen LogP contribution in [0.25, 0.3) is 0 Å². The molecule has 0 saturated heterocycles. The summed E-state index contributed by atoms with van der Waals surface area (Å²) in [7, 11) is 0. The van der Waals surface area contributed by atoms with Crippen molar-refractivity contribution in [2.24, 2.45) is 38.9 Å². The second kappa shape index (κ2) is 13.4. The lowest BCUT2D eigenvalue weighted by atomic mass is 9.79. The van der Waals surface area contributed by atoms with Crippen LogP contribution in [0.1, 0.15) is 71.3 Å². The molecule has 3 rings (SSSR count). The molecule has 1 aromatic carbocycles. The van der Waals surface area contributed by atoms with Crippen LogP contribution in [0.3, 0.4) is 0 Å². The first-order valence-electron chi connectivity index (χ1n) is 13.1. The monoisotopic (exact) mass is 514 g/mol. The van der Waals surface area contributed by atoms with Gasteiger partial charge >= 0.3 is 0 Å². The van der Waals surface area contributed by atoms with Crippen molar-refractivity contribution in [3.05, 3.63) is 35.4 Å². The lowest BCUT2D eigenvalue weighted by molar-refractivity contribution is -0.145.